The molecule has 2 N–H and O–H groups in total. The average molecular weight is 297 g/mol. The van der Waals surface area contributed by atoms with Crippen LogP contribution in [0.15, 0.2) is 24.8 Å². The minimum absolute atomic E-state index is 0.0663. The number of nitrogens with one attached hydrogen (secondary N) is 2. The summed E-state index contributed by atoms with van der Waals surface area (Å²) in [5, 5.41) is 4.16. The Labute approximate surface area is 127 Å². The number of amides is 1. The van der Waals surface area contributed by atoms with Gasteiger partial charge in [-0.2, -0.15) is 0 Å². The highest BCUT2D eigenvalue weighted by Gasteiger charge is 2.24. The molecular formula is C16H19N5O. The lowest BCUT2D eigenvalue weighted by Gasteiger charge is -2.30. The van der Waals surface area contributed by atoms with Gasteiger partial charge in [-0.05, 0) is 31.7 Å². The number of imidazole rings is 1. The molecule has 1 fully saturated rings. The van der Waals surface area contributed by atoms with Crippen LogP contribution in [0.2, 0.25) is 0 Å². The van der Waals surface area contributed by atoms with Gasteiger partial charge < -0.3 is 14.9 Å². The maximum absolute atomic E-state index is 11.2. The fraction of sp³-hybridized carbons (Fsp3) is 0.438. The van der Waals surface area contributed by atoms with Crippen LogP contribution < -0.4 is 5.32 Å². The van der Waals surface area contributed by atoms with Crippen molar-refractivity contribution in [3.63, 3.8) is 0 Å². The summed E-state index contributed by atoms with van der Waals surface area (Å²) in [6, 6.07) is 2.82. The summed E-state index contributed by atoms with van der Waals surface area (Å²) in [7, 11) is 0. The third-order valence-electron chi connectivity index (χ3n) is 4.62. The van der Waals surface area contributed by atoms with Crippen LogP contribution >= 0.6 is 0 Å². The van der Waals surface area contributed by atoms with Crippen molar-refractivity contribution in [1.29, 1.82) is 0 Å². The highest BCUT2D eigenvalue weighted by atomic mass is 16.1. The minimum atomic E-state index is 0.0663. The number of carbonyl (C=O) groups is 1. The largest absolute Gasteiger partial charge is 0.354 e. The lowest BCUT2D eigenvalue weighted by molar-refractivity contribution is -0.119. The van der Waals surface area contributed by atoms with Crippen LogP contribution in [0.5, 0.6) is 0 Å². The first kappa shape index (κ1) is 13.3. The standard InChI is InChI=1S/C16H19N5O/c1-10(22)20-11-2-4-12(5-3-11)21-9-19-14-8-18-16-13(15(14)21)6-7-17-16/h6-9,11-12H,2-5H2,1H3,(H,17,18)(H,20,22). The molecule has 0 atom stereocenters. The number of carbonyl (C=O) groups excluding carboxylic acids is 1. The topological polar surface area (TPSA) is 75.6 Å². The highest BCUT2D eigenvalue weighted by molar-refractivity contribution is 6.00. The van der Waals surface area contributed by atoms with Crippen molar-refractivity contribution in [3.05, 3.63) is 24.8 Å². The third-order valence-corrected chi connectivity index (χ3v) is 4.62. The molecule has 0 unspecified atom stereocenters. The van der Waals surface area contributed by atoms with Gasteiger partial charge in [0.25, 0.3) is 0 Å². The summed E-state index contributed by atoms with van der Waals surface area (Å²) >= 11 is 0. The second kappa shape index (κ2) is 5.12. The van der Waals surface area contributed by atoms with E-state index in [1.165, 1.54) is 0 Å². The Morgan fingerprint density at radius 3 is 2.91 bits per heavy atom. The molecular weight excluding hydrogens is 278 g/mol. The van der Waals surface area contributed by atoms with E-state index >= 15 is 0 Å². The number of nitrogens with zero attached hydrogens (tertiary/aromatic N) is 3. The number of aromatic amines is 1. The Kier molecular flexibility index (Phi) is 3.10. The molecule has 3 aromatic rings. The van der Waals surface area contributed by atoms with Crippen molar-refractivity contribution < 1.29 is 4.79 Å². The first-order chi connectivity index (χ1) is 10.7. The Morgan fingerprint density at radius 2 is 2.14 bits per heavy atom. The van der Waals surface area contributed by atoms with Crippen molar-refractivity contribution in [2.75, 3.05) is 0 Å². The number of fused-ring (bicyclic) bond motifs is 3. The van der Waals surface area contributed by atoms with Crippen LogP contribution in [0.25, 0.3) is 22.1 Å². The number of hydrogen-bond donors (Lipinski definition) is 2. The molecule has 6 nitrogen and oxygen atoms in total. The molecule has 0 aliphatic heterocycles. The molecule has 0 bridgehead atoms. The quantitative estimate of drug-likeness (QED) is 0.763. The monoisotopic (exact) mass is 297 g/mol. The maximum atomic E-state index is 11.2. The molecule has 1 saturated carbocycles. The van der Waals surface area contributed by atoms with Crippen LogP contribution in [-0.2, 0) is 4.79 Å². The van der Waals surface area contributed by atoms with Gasteiger partial charge in [-0.1, -0.05) is 0 Å². The predicted octanol–water partition coefficient (Wildman–Crippen LogP) is 2.53. The van der Waals surface area contributed by atoms with E-state index in [0.717, 1.165) is 47.8 Å². The summed E-state index contributed by atoms with van der Waals surface area (Å²) in [6.45, 7) is 1.59. The molecule has 22 heavy (non-hydrogen) atoms. The molecule has 4 rings (SSSR count). The van der Waals surface area contributed by atoms with Crippen LogP contribution in [-0.4, -0.2) is 31.5 Å². The van der Waals surface area contributed by atoms with Crippen molar-refractivity contribution >= 4 is 28.0 Å². The zero-order valence-electron chi connectivity index (χ0n) is 12.5. The Morgan fingerprint density at radius 1 is 1.32 bits per heavy atom. The molecule has 0 radical (unpaired) electrons. The lowest BCUT2D eigenvalue weighted by Crippen LogP contribution is -2.36. The van der Waals surface area contributed by atoms with Gasteiger partial charge in [0.1, 0.15) is 11.2 Å². The molecule has 0 saturated heterocycles. The summed E-state index contributed by atoms with van der Waals surface area (Å²) < 4.78 is 2.29. The van der Waals surface area contributed by atoms with Crippen LogP contribution in [0.4, 0.5) is 0 Å². The second-order valence-corrected chi connectivity index (χ2v) is 6.09. The van der Waals surface area contributed by atoms with Gasteiger partial charge in [0.05, 0.1) is 18.0 Å². The SMILES string of the molecule is CC(=O)NC1CCC(n2cnc3cnc4[nH]ccc4c32)CC1. The van der Waals surface area contributed by atoms with E-state index in [1.807, 2.05) is 18.7 Å². The van der Waals surface area contributed by atoms with Gasteiger partial charge in [0.15, 0.2) is 0 Å². The summed E-state index contributed by atoms with van der Waals surface area (Å²) in [6.07, 6.45) is 9.84. The number of rotatable bonds is 2. The predicted molar refractivity (Wildman–Crippen MR) is 84.5 cm³/mol. The Hall–Kier alpha value is -2.37. The number of H-pyrrole nitrogens is 1. The van der Waals surface area contributed by atoms with Gasteiger partial charge in [0.2, 0.25) is 5.91 Å². The van der Waals surface area contributed by atoms with E-state index in [0.29, 0.717) is 12.1 Å². The Bertz CT molecular complexity index is 825. The molecule has 0 aromatic carbocycles. The maximum Gasteiger partial charge on any atom is 0.217 e. The first-order valence-electron chi connectivity index (χ1n) is 7.78. The van der Waals surface area contributed by atoms with Crippen LogP contribution in [0.3, 0.4) is 0 Å². The molecule has 1 aliphatic carbocycles. The van der Waals surface area contributed by atoms with E-state index in [1.54, 1.807) is 6.92 Å². The zero-order valence-corrected chi connectivity index (χ0v) is 12.5. The van der Waals surface area contributed by atoms with Gasteiger partial charge in [-0.25, -0.2) is 9.97 Å². The Balaban J connectivity index is 1.65. The summed E-state index contributed by atoms with van der Waals surface area (Å²) in [4.78, 5) is 23.2. The fourth-order valence-corrected chi connectivity index (χ4v) is 3.59. The lowest BCUT2D eigenvalue weighted by atomic mass is 9.91. The van der Waals surface area contributed by atoms with E-state index in [2.05, 4.69) is 30.9 Å². The van der Waals surface area contributed by atoms with Gasteiger partial charge in [-0.15, -0.1) is 0 Å². The van der Waals surface area contributed by atoms with Gasteiger partial charge in [0, 0.05) is 30.6 Å². The number of aromatic nitrogens is 4. The molecule has 6 heteroatoms. The minimum Gasteiger partial charge on any atom is -0.354 e. The molecule has 114 valence electrons. The molecule has 3 aromatic heterocycles. The molecule has 1 aliphatic rings. The van der Waals surface area contributed by atoms with Crippen LogP contribution in [0.1, 0.15) is 38.6 Å². The molecule has 1 amide bonds. The summed E-state index contributed by atoms with van der Waals surface area (Å²) in [5.41, 5.74) is 3.01. The molecule has 3 heterocycles. The van der Waals surface area contributed by atoms with Gasteiger partial charge >= 0.3 is 0 Å². The van der Waals surface area contributed by atoms with E-state index in [4.69, 9.17) is 0 Å². The van der Waals surface area contributed by atoms with Crippen LogP contribution in [0, 0.1) is 0 Å². The normalized spacial score (nSPS) is 22.2. The van der Waals surface area contributed by atoms with Crippen molar-refractivity contribution in [2.45, 2.75) is 44.7 Å². The summed E-state index contributed by atoms with van der Waals surface area (Å²) in [5.74, 6) is 0.0663. The van der Waals surface area contributed by atoms with Crippen molar-refractivity contribution in [2.24, 2.45) is 0 Å². The number of pyridine rings is 1. The van der Waals surface area contributed by atoms with E-state index in [9.17, 15) is 4.79 Å². The molecule has 0 spiro atoms. The van der Waals surface area contributed by atoms with Gasteiger partial charge in [-0.3, -0.25) is 4.79 Å². The third kappa shape index (κ3) is 2.15. The van der Waals surface area contributed by atoms with E-state index < -0.39 is 0 Å². The fourth-order valence-electron chi connectivity index (χ4n) is 3.59. The zero-order chi connectivity index (χ0) is 15.1. The second-order valence-electron chi connectivity index (χ2n) is 6.09. The number of hydrogen-bond acceptors (Lipinski definition) is 3. The average Bonchev–Trinajstić information content (AvgIpc) is 3.13. The first-order valence-corrected chi connectivity index (χ1v) is 7.78. The van der Waals surface area contributed by atoms with Crippen molar-refractivity contribution in [3.8, 4) is 0 Å². The van der Waals surface area contributed by atoms with Crippen molar-refractivity contribution in [1.82, 2.24) is 24.8 Å². The highest BCUT2D eigenvalue weighted by Crippen LogP contribution is 2.33. The smallest absolute Gasteiger partial charge is 0.217 e. The van der Waals surface area contributed by atoms with E-state index in [-0.39, 0.29) is 5.91 Å².